The molecule has 0 saturated heterocycles. The van der Waals surface area contributed by atoms with E-state index in [1.54, 1.807) is 20.3 Å². The summed E-state index contributed by atoms with van der Waals surface area (Å²) in [6.07, 6.45) is 7.24. The van der Waals surface area contributed by atoms with Crippen LogP contribution in [0.25, 0.3) is 0 Å². The van der Waals surface area contributed by atoms with E-state index in [1.807, 2.05) is 6.07 Å². The average Bonchev–Trinajstić information content (AvgIpc) is 2.95. The predicted molar refractivity (Wildman–Crippen MR) is 98.1 cm³/mol. The number of ether oxygens (including phenoxy) is 3. The van der Waals surface area contributed by atoms with Crippen molar-refractivity contribution >= 4 is 11.8 Å². The minimum absolute atomic E-state index is 0.152. The Morgan fingerprint density at radius 2 is 1.52 bits per heavy atom. The van der Waals surface area contributed by atoms with Crippen LogP contribution in [0, 0.1) is 23.7 Å². The summed E-state index contributed by atoms with van der Waals surface area (Å²) in [5.41, 5.74) is 1.08. The molecular formula is C22H26O5. The van der Waals surface area contributed by atoms with E-state index < -0.39 is 5.92 Å². The van der Waals surface area contributed by atoms with E-state index in [4.69, 9.17) is 14.2 Å². The number of carbonyl (C=O) groups excluding carboxylic acids is 2. The van der Waals surface area contributed by atoms with Crippen molar-refractivity contribution in [1.82, 2.24) is 0 Å². The molecule has 0 aliphatic heterocycles. The fourth-order valence-electron chi connectivity index (χ4n) is 6.45. The number of methoxy groups -OCH3 is 2. The van der Waals surface area contributed by atoms with Gasteiger partial charge in [0.05, 0.1) is 14.2 Å². The first-order valence-electron chi connectivity index (χ1n) is 10.0. The van der Waals surface area contributed by atoms with Gasteiger partial charge in [-0.1, -0.05) is 0 Å². The summed E-state index contributed by atoms with van der Waals surface area (Å²) >= 11 is 0. The number of esters is 1. The molecule has 27 heavy (non-hydrogen) atoms. The molecule has 5 nitrogen and oxygen atoms in total. The molecule has 5 aliphatic rings. The lowest BCUT2D eigenvalue weighted by Crippen LogP contribution is -2.53. The third-order valence-corrected chi connectivity index (χ3v) is 7.20. The lowest BCUT2D eigenvalue weighted by molar-refractivity contribution is -0.189. The Labute approximate surface area is 159 Å². The first-order chi connectivity index (χ1) is 13.0. The molecule has 6 rings (SSSR count). The van der Waals surface area contributed by atoms with Crippen LogP contribution in [-0.2, 0) is 16.0 Å². The molecule has 144 valence electrons. The maximum atomic E-state index is 13.0. The van der Waals surface area contributed by atoms with Gasteiger partial charge in [0.1, 0.15) is 11.5 Å². The van der Waals surface area contributed by atoms with Gasteiger partial charge in [-0.2, -0.15) is 0 Å². The summed E-state index contributed by atoms with van der Waals surface area (Å²) in [4.78, 5) is 25.9. The van der Waals surface area contributed by atoms with Gasteiger partial charge >= 0.3 is 5.97 Å². The number of rotatable bonds is 4. The molecule has 0 aromatic heterocycles. The van der Waals surface area contributed by atoms with Crippen LogP contribution in [0.4, 0.5) is 0 Å². The number of hydrogen-bond donors (Lipinski definition) is 0. The van der Waals surface area contributed by atoms with Gasteiger partial charge in [-0.05, 0) is 80.4 Å². The molecule has 0 amide bonds. The third kappa shape index (κ3) is 2.66. The van der Waals surface area contributed by atoms with E-state index in [1.165, 1.54) is 19.3 Å². The van der Waals surface area contributed by atoms with Crippen LogP contribution in [-0.4, -0.2) is 31.6 Å². The minimum Gasteiger partial charge on any atom is -0.493 e. The van der Waals surface area contributed by atoms with Crippen molar-refractivity contribution in [3.8, 4) is 11.5 Å². The quantitative estimate of drug-likeness (QED) is 0.599. The zero-order valence-electron chi connectivity index (χ0n) is 16.0. The van der Waals surface area contributed by atoms with Gasteiger partial charge in [0.15, 0.2) is 17.3 Å². The zero-order valence-corrected chi connectivity index (χ0v) is 16.0. The van der Waals surface area contributed by atoms with Crippen molar-refractivity contribution in [3.05, 3.63) is 23.3 Å². The Morgan fingerprint density at radius 3 is 2.07 bits per heavy atom. The highest BCUT2D eigenvalue weighted by atomic mass is 16.6. The lowest BCUT2D eigenvalue weighted by Gasteiger charge is -2.55. The molecule has 0 spiro atoms. The van der Waals surface area contributed by atoms with E-state index in [2.05, 4.69) is 0 Å². The number of benzene rings is 1. The second-order valence-electron chi connectivity index (χ2n) is 9.01. The van der Waals surface area contributed by atoms with Gasteiger partial charge in [0.2, 0.25) is 0 Å². The van der Waals surface area contributed by atoms with Crippen molar-refractivity contribution in [3.63, 3.8) is 0 Å². The highest BCUT2D eigenvalue weighted by molar-refractivity contribution is 6.12. The average molecular weight is 370 g/mol. The smallest absolute Gasteiger partial charge is 0.317 e. The molecule has 4 bridgehead atoms. The van der Waals surface area contributed by atoms with Crippen LogP contribution in [0.3, 0.4) is 0 Å². The van der Waals surface area contributed by atoms with Crippen molar-refractivity contribution in [1.29, 1.82) is 0 Å². The number of ketones is 1. The van der Waals surface area contributed by atoms with Gasteiger partial charge in [0, 0.05) is 5.56 Å². The maximum Gasteiger partial charge on any atom is 0.317 e. The SMILES string of the molecule is COc1cc2c(cc1OC)C(=O)C(C(=O)OC13CC4CC(CC(C4)C1)C3)C2. The second-order valence-corrected chi connectivity index (χ2v) is 9.01. The van der Waals surface area contributed by atoms with Crippen LogP contribution >= 0.6 is 0 Å². The van der Waals surface area contributed by atoms with Gasteiger partial charge in [0.25, 0.3) is 0 Å². The van der Waals surface area contributed by atoms with Gasteiger partial charge in [-0.25, -0.2) is 0 Å². The molecule has 0 N–H and O–H groups in total. The standard InChI is InChI=1S/C22H26O5/c1-25-18-7-15-6-17(20(23)16(15)8-19(18)26-2)21(24)27-22-9-12-3-13(10-22)5-14(4-12)11-22/h7-8,12-14,17H,3-6,9-11H2,1-2H3. The van der Waals surface area contributed by atoms with Gasteiger partial charge in [-0.3, -0.25) is 9.59 Å². The molecule has 4 fully saturated rings. The Balaban J connectivity index is 1.36. The summed E-state index contributed by atoms with van der Waals surface area (Å²) in [6, 6.07) is 3.50. The highest BCUT2D eigenvalue weighted by Crippen LogP contribution is 2.57. The summed E-state index contributed by atoms with van der Waals surface area (Å²) in [7, 11) is 3.11. The summed E-state index contributed by atoms with van der Waals surface area (Å²) in [6.45, 7) is 0. The lowest BCUT2D eigenvalue weighted by atomic mass is 9.54. The fraction of sp³-hybridized carbons (Fsp3) is 0.636. The van der Waals surface area contributed by atoms with Crippen LogP contribution in [0.15, 0.2) is 12.1 Å². The van der Waals surface area contributed by atoms with Crippen LogP contribution in [0.5, 0.6) is 11.5 Å². The van der Waals surface area contributed by atoms with Crippen LogP contribution in [0.1, 0.15) is 54.4 Å². The molecular weight excluding hydrogens is 344 g/mol. The Morgan fingerprint density at radius 1 is 0.963 bits per heavy atom. The number of Topliss-reactive ketones (excluding diaryl/α,β-unsaturated/α-hetero) is 1. The number of fused-ring (bicyclic) bond motifs is 1. The van der Waals surface area contributed by atoms with E-state index in [9.17, 15) is 9.59 Å². The van der Waals surface area contributed by atoms with Crippen molar-refractivity contribution in [2.45, 2.75) is 50.5 Å². The largest absolute Gasteiger partial charge is 0.493 e. The third-order valence-electron chi connectivity index (χ3n) is 7.20. The molecule has 1 atom stereocenters. The normalized spacial score (nSPS) is 35.9. The highest BCUT2D eigenvalue weighted by Gasteiger charge is 2.54. The molecule has 1 aromatic rings. The van der Waals surface area contributed by atoms with Crippen LogP contribution < -0.4 is 9.47 Å². The molecule has 1 aromatic carbocycles. The maximum absolute atomic E-state index is 13.0. The Hall–Kier alpha value is -2.04. The summed E-state index contributed by atoms with van der Waals surface area (Å²) in [5, 5.41) is 0. The first kappa shape index (κ1) is 17.1. The van der Waals surface area contributed by atoms with E-state index in [0.717, 1.165) is 24.8 Å². The molecule has 0 radical (unpaired) electrons. The summed E-state index contributed by atoms with van der Waals surface area (Å²) in [5.74, 6) is 1.98. The number of carbonyl (C=O) groups is 2. The van der Waals surface area contributed by atoms with E-state index in [-0.39, 0.29) is 17.4 Å². The van der Waals surface area contributed by atoms with Gasteiger partial charge < -0.3 is 14.2 Å². The first-order valence-corrected chi connectivity index (χ1v) is 10.0. The molecule has 0 heterocycles. The summed E-state index contributed by atoms with van der Waals surface area (Å²) < 4.78 is 16.8. The van der Waals surface area contributed by atoms with Crippen molar-refractivity contribution in [2.75, 3.05) is 14.2 Å². The molecule has 5 heteroatoms. The van der Waals surface area contributed by atoms with E-state index in [0.29, 0.717) is 41.2 Å². The monoisotopic (exact) mass is 370 g/mol. The Kier molecular flexibility index (Phi) is 3.78. The minimum atomic E-state index is -0.732. The van der Waals surface area contributed by atoms with Crippen molar-refractivity contribution in [2.24, 2.45) is 23.7 Å². The predicted octanol–water partition coefficient (Wildman–Crippen LogP) is 3.57. The van der Waals surface area contributed by atoms with Crippen molar-refractivity contribution < 1.29 is 23.8 Å². The van der Waals surface area contributed by atoms with E-state index >= 15 is 0 Å². The topological polar surface area (TPSA) is 61.8 Å². The number of hydrogen-bond acceptors (Lipinski definition) is 5. The fourth-order valence-corrected chi connectivity index (χ4v) is 6.45. The van der Waals surface area contributed by atoms with Gasteiger partial charge in [-0.15, -0.1) is 0 Å². The molecule has 1 unspecified atom stereocenters. The molecule has 4 saturated carbocycles. The zero-order chi connectivity index (χ0) is 18.8. The Bertz CT molecular complexity index is 776. The second kappa shape index (κ2) is 5.98. The van der Waals surface area contributed by atoms with Crippen LogP contribution in [0.2, 0.25) is 0 Å². The molecule has 5 aliphatic carbocycles.